The van der Waals surface area contributed by atoms with Gasteiger partial charge in [-0.05, 0) is 50.7 Å². The van der Waals surface area contributed by atoms with Crippen molar-refractivity contribution < 1.29 is 14.3 Å². The molecule has 13 heavy (non-hydrogen) atoms. The third-order valence-corrected chi connectivity index (χ3v) is 2.75. The molecule has 0 radical (unpaired) electrons. The Hall–Kier alpha value is -0.370. The first-order chi connectivity index (χ1) is 6.00. The van der Waals surface area contributed by atoms with Crippen LogP contribution < -0.4 is 5.32 Å². The van der Waals surface area contributed by atoms with E-state index in [1.54, 1.807) is 0 Å². The summed E-state index contributed by atoms with van der Waals surface area (Å²) >= 11 is 4.90. The SMILES string of the molecule is O=C(O)Nc1cc(F)c(Br)cc1I. The summed E-state index contributed by atoms with van der Waals surface area (Å²) in [7, 11) is 0. The summed E-state index contributed by atoms with van der Waals surface area (Å²) in [6, 6.07) is 2.63. The largest absolute Gasteiger partial charge is 0.465 e. The van der Waals surface area contributed by atoms with Crippen molar-refractivity contribution in [2.24, 2.45) is 0 Å². The van der Waals surface area contributed by atoms with Gasteiger partial charge in [0.25, 0.3) is 0 Å². The Morgan fingerprint density at radius 2 is 2.23 bits per heavy atom. The van der Waals surface area contributed by atoms with Crippen molar-refractivity contribution >= 4 is 50.3 Å². The lowest BCUT2D eigenvalue weighted by molar-refractivity contribution is 0.209. The maximum Gasteiger partial charge on any atom is 0.409 e. The molecule has 0 unspecified atom stereocenters. The Labute approximate surface area is 95.6 Å². The van der Waals surface area contributed by atoms with Gasteiger partial charge in [-0.15, -0.1) is 0 Å². The van der Waals surface area contributed by atoms with Crippen LogP contribution >= 0.6 is 38.5 Å². The van der Waals surface area contributed by atoms with Crippen molar-refractivity contribution in [1.82, 2.24) is 0 Å². The summed E-state index contributed by atoms with van der Waals surface area (Å²) in [4.78, 5) is 10.3. The number of benzene rings is 1. The summed E-state index contributed by atoms with van der Waals surface area (Å²) in [6.45, 7) is 0. The molecule has 2 N–H and O–H groups in total. The lowest BCUT2D eigenvalue weighted by Gasteiger charge is -2.04. The summed E-state index contributed by atoms with van der Waals surface area (Å²) < 4.78 is 13.9. The predicted molar refractivity (Wildman–Crippen MR) is 58.5 cm³/mol. The fourth-order valence-electron chi connectivity index (χ4n) is 0.734. The molecule has 1 aromatic rings. The van der Waals surface area contributed by atoms with E-state index in [1.807, 2.05) is 22.6 Å². The average Bonchev–Trinajstić information content (AvgIpc) is 1.99. The summed E-state index contributed by atoms with van der Waals surface area (Å²) in [5.74, 6) is -0.496. The zero-order chi connectivity index (χ0) is 10.0. The Kier molecular flexibility index (Phi) is 3.48. The van der Waals surface area contributed by atoms with Crippen LogP contribution in [0.15, 0.2) is 16.6 Å². The van der Waals surface area contributed by atoms with Gasteiger partial charge >= 0.3 is 6.09 Å². The Morgan fingerprint density at radius 1 is 1.62 bits per heavy atom. The van der Waals surface area contributed by atoms with Crippen molar-refractivity contribution in [3.05, 3.63) is 26.0 Å². The standard InChI is InChI=1S/C7H4BrFINO2/c8-3-1-5(10)6(2-4(3)9)11-7(12)13/h1-2,11H,(H,12,13). The number of halogens is 3. The van der Waals surface area contributed by atoms with E-state index in [2.05, 4.69) is 21.2 Å². The first kappa shape index (κ1) is 10.7. The van der Waals surface area contributed by atoms with E-state index < -0.39 is 11.9 Å². The van der Waals surface area contributed by atoms with E-state index in [9.17, 15) is 9.18 Å². The van der Waals surface area contributed by atoms with Crippen LogP contribution in [0, 0.1) is 9.39 Å². The quantitative estimate of drug-likeness (QED) is 0.597. The van der Waals surface area contributed by atoms with E-state index in [4.69, 9.17) is 5.11 Å². The molecular weight excluding hydrogens is 356 g/mol. The Morgan fingerprint density at radius 3 is 2.77 bits per heavy atom. The number of rotatable bonds is 1. The van der Waals surface area contributed by atoms with E-state index in [0.29, 0.717) is 8.04 Å². The monoisotopic (exact) mass is 359 g/mol. The number of amides is 1. The van der Waals surface area contributed by atoms with Crippen LogP contribution in [0.4, 0.5) is 14.9 Å². The second kappa shape index (κ2) is 4.23. The number of anilines is 1. The molecule has 0 aromatic heterocycles. The minimum Gasteiger partial charge on any atom is -0.465 e. The highest BCUT2D eigenvalue weighted by Gasteiger charge is 2.07. The highest BCUT2D eigenvalue weighted by Crippen LogP contribution is 2.25. The van der Waals surface area contributed by atoms with Crippen LogP contribution in [-0.4, -0.2) is 11.2 Å². The van der Waals surface area contributed by atoms with Gasteiger partial charge < -0.3 is 5.11 Å². The predicted octanol–water partition coefficient (Wildman–Crippen LogP) is 3.28. The van der Waals surface area contributed by atoms with Crippen molar-refractivity contribution in [3.8, 4) is 0 Å². The maximum atomic E-state index is 12.9. The summed E-state index contributed by atoms with van der Waals surface area (Å²) in [5.41, 5.74) is 0.244. The van der Waals surface area contributed by atoms with E-state index in [0.717, 1.165) is 6.07 Å². The number of hydrogen-bond donors (Lipinski definition) is 2. The van der Waals surface area contributed by atoms with Crippen LogP contribution in [0.2, 0.25) is 0 Å². The summed E-state index contributed by atoms with van der Waals surface area (Å²) in [6.07, 6.45) is -1.21. The van der Waals surface area contributed by atoms with Gasteiger partial charge in [0.05, 0.1) is 10.2 Å². The summed E-state index contributed by atoms with van der Waals surface area (Å²) in [5, 5.41) is 10.5. The molecule has 70 valence electrons. The molecule has 0 fully saturated rings. The number of hydrogen-bond acceptors (Lipinski definition) is 1. The molecule has 0 saturated carbocycles. The van der Waals surface area contributed by atoms with Gasteiger partial charge in [0, 0.05) is 3.57 Å². The highest BCUT2D eigenvalue weighted by atomic mass is 127. The van der Waals surface area contributed by atoms with Gasteiger partial charge in [-0.3, -0.25) is 5.32 Å². The zero-order valence-corrected chi connectivity index (χ0v) is 9.89. The van der Waals surface area contributed by atoms with Crippen molar-refractivity contribution in [2.45, 2.75) is 0 Å². The molecule has 1 aromatic carbocycles. The van der Waals surface area contributed by atoms with Gasteiger partial charge in [-0.2, -0.15) is 0 Å². The first-order valence-corrected chi connectivity index (χ1v) is 5.02. The third-order valence-electron chi connectivity index (χ3n) is 1.25. The van der Waals surface area contributed by atoms with Crippen molar-refractivity contribution in [1.29, 1.82) is 0 Å². The van der Waals surface area contributed by atoms with Gasteiger partial charge in [0.2, 0.25) is 0 Å². The molecule has 6 heteroatoms. The van der Waals surface area contributed by atoms with Crippen molar-refractivity contribution in [2.75, 3.05) is 5.32 Å². The van der Waals surface area contributed by atoms with E-state index in [1.165, 1.54) is 6.07 Å². The van der Waals surface area contributed by atoms with Gasteiger partial charge in [0.15, 0.2) is 0 Å². The molecule has 0 aliphatic carbocycles. The Bertz CT molecular complexity index is 359. The first-order valence-electron chi connectivity index (χ1n) is 3.15. The molecule has 3 nitrogen and oxygen atoms in total. The molecular formula is C7H4BrFINO2. The molecule has 1 rings (SSSR count). The molecule has 0 heterocycles. The Balaban J connectivity index is 3.08. The van der Waals surface area contributed by atoms with Gasteiger partial charge in [0.1, 0.15) is 5.82 Å². The molecule has 1 amide bonds. The van der Waals surface area contributed by atoms with Crippen LogP contribution in [0.3, 0.4) is 0 Å². The van der Waals surface area contributed by atoms with E-state index >= 15 is 0 Å². The normalized spacial score (nSPS) is 9.77. The highest BCUT2D eigenvalue weighted by molar-refractivity contribution is 14.1. The number of nitrogens with one attached hydrogen (secondary N) is 1. The lowest BCUT2D eigenvalue weighted by atomic mass is 10.3. The molecule has 0 aliphatic rings. The fourth-order valence-corrected chi connectivity index (χ4v) is 2.11. The van der Waals surface area contributed by atoms with Crippen LogP contribution in [0.5, 0.6) is 0 Å². The van der Waals surface area contributed by atoms with Gasteiger partial charge in [-0.25, -0.2) is 9.18 Å². The molecule has 0 atom stereocenters. The van der Waals surface area contributed by atoms with Gasteiger partial charge in [-0.1, -0.05) is 0 Å². The third kappa shape index (κ3) is 2.80. The fraction of sp³-hybridized carbons (Fsp3) is 0. The minimum absolute atomic E-state index is 0.244. The molecule has 0 aliphatic heterocycles. The number of carbonyl (C=O) groups is 1. The average molecular weight is 360 g/mol. The molecule has 0 spiro atoms. The maximum absolute atomic E-state index is 12.9. The smallest absolute Gasteiger partial charge is 0.409 e. The van der Waals surface area contributed by atoms with Crippen LogP contribution in [0.25, 0.3) is 0 Å². The number of carboxylic acid groups (broad SMARTS) is 1. The molecule has 0 saturated heterocycles. The van der Waals surface area contributed by atoms with Crippen LogP contribution in [0.1, 0.15) is 0 Å². The second-order valence-electron chi connectivity index (χ2n) is 2.18. The molecule has 0 bridgehead atoms. The second-order valence-corrected chi connectivity index (χ2v) is 4.19. The van der Waals surface area contributed by atoms with Crippen LogP contribution in [-0.2, 0) is 0 Å². The zero-order valence-electron chi connectivity index (χ0n) is 6.14. The van der Waals surface area contributed by atoms with E-state index in [-0.39, 0.29) is 5.69 Å². The lowest BCUT2D eigenvalue weighted by Crippen LogP contribution is -2.08. The van der Waals surface area contributed by atoms with Crippen molar-refractivity contribution in [3.63, 3.8) is 0 Å². The minimum atomic E-state index is -1.21. The topological polar surface area (TPSA) is 49.3 Å².